The lowest BCUT2D eigenvalue weighted by atomic mass is 10.1. The quantitative estimate of drug-likeness (QED) is 0.528. The Labute approximate surface area is 91.3 Å². The summed E-state index contributed by atoms with van der Waals surface area (Å²) in [5, 5.41) is 0. The molecule has 15 heavy (non-hydrogen) atoms. The van der Waals surface area contributed by atoms with Crippen molar-refractivity contribution in [3.63, 3.8) is 0 Å². The highest BCUT2D eigenvalue weighted by Crippen LogP contribution is 2.19. The molecule has 0 N–H and O–H groups in total. The Balaban J connectivity index is 2.36. The van der Waals surface area contributed by atoms with Crippen molar-refractivity contribution in [3.05, 3.63) is 29.3 Å². The molecule has 0 saturated carbocycles. The SMILES string of the molecule is Cc1ccc(C)c(OCCCCC=O)c1. The Morgan fingerprint density at radius 1 is 1.27 bits per heavy atom. The molecule has 1 aromatic carbocycles. The van der Waals surface area contributed by atoms with Gasteiger partial charge in [-0.2, -0.15) is 0 Å². The second-order valence-electron chi connectivity index (χ2n) is 3.78. The zero-order valence-corrected chi connectivity index (χ0v) is 9.45. The first-order valence-corrected chi connectivity index (χ1v) is 5.37. The van der Waals surface area contributed by atoms with Gasteiger partial charge in [0.05, 0.1) is 6.61 Å². The molecule has 82 valence electrons. The van der Waals surface area contributed by atoms with E-state index in [-0.39, 0.29) is 0 Å². The van der Waals surface area contributed by atoms with Crippen LogP contribution in [-0.4, -0.2) is 12.9 Å². The topological polar surface area (TPSA) is 26.3 Å². The Hall–Kier alpha value is -1.31. The van der Waals surface area contributed by atoms with Gasteiger partial charge in [-0.1, -0.05) is 12.1 Å². The molecule has 0 aliphatic heterocycles. The van der Waals surface area contributed by atoms with Crippen molar-refractivity contribution < 1.29 is 9.53 Å². The lowest BCUT2D eigenvalue weighted by Gasteiger charge is -2.09. The van der Waals surface area contributed by atoms with Crippen LogP contribution >= 0.6 is 0 Å². The standard InChI is InChI=1S/C13H18O2/c1-11-6-7-12(2)13(10-11)15-9-5-3-4-8-14/h6-8,10H,3-5,9H2,1-2H3. The number of benzene rings is 1. The monoisotopic (exact) mass is 206 g/mol. The van der Waals surface area contributed by atoms with E-state index < -0.39 is 0 Å². The van der Waals surface area contributed by atoms with Crippen LogP contribution in [0.4, 0.5) is 0 Å². The van der Waals surface area contributed by atoms with Crippen LogP contribution in [0.15, 0.2) is 18.2 Å². The Bertz CT molecular complexity index is 318. The number of hydrogen-bond donors (Lipinski definition) is 0. The largest absolute Gasteiger partial charge is 0.493 e. The van der Waals surface area contributed by atoms with E-state index in [1.165, 1.54) is 5.56 Å². The molecule has 2 nitrogen and oxygen atoms in total. The summed E-state index contributed by atoms with van der Waals surface area (Å²) in [6.45, 7) is 4.79. The lowest BCUT2D eigenvalue weighted by Crippen LogP contribution is -1.99. The van der Waals surface area contributed by atoms with E-state index in [0.29, 0.717) is 13.0 Å². The van der Waals surface area contributed by atoms with Crippen molar-refractivity contribution in [2.75, 3.05) is 6.61 Å². The summed E-state index contributed by atoms with van der Waals surface area (Å²) < 4.78 is 5.65. The van der Waals surface area contributed by atoms with Crippen LogP contribution < -0.4 is 4.74 Å². The van der Waals surface area contributed by atoms with Gasteiger partial charge >= 0.3 is 0 Å². The number of unbranched alkanes of at least 4 members (excludes halogenated alkanes) is 2. The number of ether oxygens (including phenoxy) is 1. The molecule has 0 atom stereocenters. The van der Waals surface area contributed by atoms with E-state index in [2.05, 4.69) is 25.1 Å². The molecule has 0 radical (unpaired) electrons. The van der Waals surface area contributed by atoms with Gasteiger partial charge in [0.25, 0.3) is 0 Å². The zero-order valence-electron chi connectivity index (χ0n) is 9.45. The molecule has 0 unspecified atom stereocenters. The van der Waals surface area contributed by atoms with Crippen molar-refractivity contribution in [2.45, 2.75) is 33.1 Å². The molecule has 1 aromatic rings. The van der Waals surface area contributed by atoms with Gasteiger partial charge in [-0.3, -0.25) is 0 Å². The summed E-state index contributed by atoms with van der Waals surface area (Å²) in [7, 11) is 0. The highest BCUT2D eigenvalue weighted by atomic mass is 16.5. The van der Waals surface area contributed by atoms with Crippen LogP contribution in [-0.2, 0) is 4.79 Å². The molecular formula is C13H18O2. The minimum Gasteiger partial charge on any atom is -0.493 e. The van der Waals surface area contributed by atoms with Crippen LogP contribution in [0.1, 0.15) is 30.4 Å². The number of aldehydes is 1. The third kappa shape index (κ3) is 4.15. The highest BCUT2D eigenvalue weighted by molar-refractivity contribution is 5.48. The van der Waals surface area contributed by atoms with Gasteiger partial charge in [0.15, 0.2) is 0 Å². The summed E-state index contributed by atoms with van der Waals surface area (Å²) in [6.07, 6.45) is 3.44. The molecule has 0 amide bonds. The molecule has 2 heteroatoms. The van der Waals surface area contributed by atoms with Crippen molar-refractivity contribution in [2.24, 2.45) is 0 Å². The van der Waals surface area contributed by atoms with E-state index in [9.17, 15) is 4.79 Å². The summed E-state index contributed by atoms with van der Waals surface area (Å²) in [4.78, 5) is 10.1. The van der Waals surface area contributed by atoms with E-state index in [1.807, 2.05) is 6.92 Å². The maximum absolute atomic E-state index is 10.1. The fourth-order valence-corrected chi connectivity index (χ4v) is 1.37. The molecule has 0 fully saturated rings. The first-order valence-electron chi connectivity index (χ1n) is 5.37. The number of hydrogen-bond acceptors (Lipinski definition) is 2. The van der Waals surface area contributed by atoms with E-state index in [1.54, 1.807) is 0 Å². The summed E-state index contributed by atoms with van der Waals surface area (Å²) in [6, 6.07) is 6.19. The first kappa shape index (κ1) is 11.8. The average Bonchev–Trinajstić information content (AvgIpc) is 2.23. The fraction of sp³-hybridized carbons (Fsp3) is 0.462. The molecule has 0 spiro atoms. The third-order valence-electron chi connectivity index (χ3n) is 2.32. The molecule has 0 bridgehead atoms. The van der Waals surface area contributed by atoms with E-state index in [0.717, 1.165) is 30.4 Å². The van der Waals surface area contributed by atoms with Gasteiger partial charge in [0.1, 0.15) is 12.0 Å². The number of rotatable bonds is 6. The van der Waals surface area contributed by atoms with Crippen LogP contribution in [0, 0.1) is 13.8 Å². The summed E-state index contributed by atoms with van der Waals surface area (Å²) >= 11 is 0. The maximum atomic E-state index is 10.1. The van der Waals surface area contributed by atoms with Gasteiger partial charge < -0.3 is 9.53 Å². The average molecular weight is 206 g/mol. The minimum absolute atomic E-state index is 0.635. The van der Waals surface area contributed by atoms with Crippen LogP contribution in [0.3, 0.4) is 0 Å². The Morgan fingerprint density at radius 2 is 2.07 bits per heavy atom. The predicted octanol–water partition coefficient (Wildman–Crippen LogP) is 3.05. The second-order valence-corrected chi connectivity index (χ2v) is 3.78. The van der Waals surface area contributed by atoms with Crippen molar-refractivity contribution >= 4 is 6.29 Å². The molecule has 0 aromatic heterocycles. The number of carbonyl (C=O) groups excluding carboxylic acids is 1. The predicted molar refractivity (Wildman–Crippen MR) is 61.3 cm³/mol. The smallest absolute Gasteiger partial charge is 0.122 e. The van der Waals surface area contributed by atoms with Gasteiger partial charge in [0, 0.05) is 6.42 Å². The van der Waals surface area contributed by atoms with Gasteiger partial charge in [-0.05, 0) is 43.9 Å². The zero-order chi connectivity index (χ0) is 11.1. The highest BCUT2D eigenvalue weighted by Gasteiger charge is 1.99. The normalized spacial score (nSPS) is 10.0. The number of aryl methyl sites for hydroxylation is 2. The molecular weight excluding hydrogens is 188 g/mol. The Kier molecular flexibility index (Phi) is 4.88. The van der Waals surface area contributed by atoms with Crippen LogP contribution in [0.2, 0.25) is 0 Å². The summed E-state index contributed by atoms with van der Waals surface area (Å²) in [5.74, 6) is 0.959. The van der Waals surface area contributed by atoms with Crippen molar-refractivity contribution in [1.82, 2.24) is 0 Å². The van der Waals surface area contributed by atoms with E-state index in [4.69, 9.17) is 4.74 Å². The lowest BCUT2D eigenvalue weighted by molar-refractivity contribution is -0.107. The molecule has 0 aliphatic rings. The second kappa shape index (κ2) is 6.23. The summed E-state index contributed by atoms with van der Waals surface area (Å²) in [5.41, 5.74) is 2.37. The molecule has 0 saturated heterocycles. The van der Waals surface area contributed by atoms with Crippen LogP contribution in [0.25, 0.3) is 0 Å². The molecule has 0 aliphatic carbocycles. The van der Waals surface area contributed by atoms with E-state index >= 15 is 0 Å². The Morgan fingerprint density at radius 3 is 2.80 bits per heavy atom. The molecule has 0 heterocycles. The fourth-order valence-electron chi connectivity index (χ4n) is 1.37. The molecule has 1 rings (SSSR count). The van der Waals surface area contributed by atoms with Crippen molar-refractivity contribution in [3.8, 4) is 5.75 Å². The number of carbonyl (C=O) groups is 1. The van der Waals surface area contributed by atoms with Crippen molar-refractivity contribution in [1.29, 1.82) is 0 Å². The third-order valence-corrected chi connectivity index (χ3v) is 2.32. The van der Waals surface area contributed by atoms with Crippen LogP contribution in [0.5, 0.6) is 5.75 Å². The first-order chi connectivity index (χ1) is 7.24. The van der Waals surface area contributed by atoms with Gasteiger partial charge in [-0.25, -0.2) is 0 Å². The van der Waals surface area contributed by atoms with Gasteiger partial charge in [-0.15, -0.1) is 0 Å². The minimum atomic E-state index is 0.635. The van der Waals surface area contributed by atoms with Gasteiger partial charge in [0.2, 0.25) is 0 Å². The maximum Gasteiger partial charge on any atom is 0.122 e.